The average molecular weight is 222 g/mol. The SMILES string of the molecule is N#Cc1cccc(/N=N/n2ccnc2)c1C#N. The summed E-state index contributed by atoms with van der Waals surface area (Å²) in [6.45, 7) is 0. The Morgan fingerprint density at radius 2 is 2.12 bits per heavy atom. The van der Waals surface area contributed by atoms with Gasteiger partial charge in [-0.1, -0.05) is 11.3 Å². The highest BCUT2D eigenvalue weighted by Crippen LogP contribution is 2.21. The van der Waals surface area contributed by atoms with Gasteiger partial charge in [0.2, 0.25) is 0 Å². The van der Waals surface area contributed by atoms with Crippen LogP contribution in [-0.2, 0) is 0 Å². The molecule has 0 aliphatic rings. The molecule has 0 N–H and O–H groups in total. The van der Waals surface area contributed by atoms with E-state index in [1.165, 1.54) is 11.0 Å². The van der Waals surface area contributed by atoms with Crippen molar-refractivity contribution < 1.29 is 0 Å². The number of aromatic nitrogens is 2. The van der Waals surface area contributed by atoms with E-state index < -0.39 is 0 Å². The molecule has 1 aromatic carbocycles. The van der Waals surface area contributed by atoms with Crippen LogP contribution < -0.4 is 0 Å². The second-order valence-corrected chi connectivity index (χ2v) is 3.06. The van der Waals surface area contributed by atoms with Gasteiger partial charge in [-0.25, -0.2) is 9.66 Å². The molecule has 2 aromatic rings. The summed E-state index contributed by atoms with van der Waals surface area (Å²) in [6, 6.07) is 8.72. The first-order valence-electron chi connectivity index (χ1n) is 4.68. The van der Waals surface area contributed by atoms with Crippen molar-refractivity contribution in [1.29, 1.82) is 10.5 Å². The summed E-state index contributed by atoms with van der Waals surface area (Å²) in [6.07, 6.45) is 4.66. The van der Waals surface area contributed by atoms with E-state index in [0.717, 1.165) is 0 Å². The lowest BCUT2D eigenvalue weighted by Crippen LogP contribution is -1.85. The van der Waals surface area contributed by atoms with Crippen LogP contribution in [0.2, 0.25) is 0 Å². The highest BCUT2D eigenvalue weighted by molar-refractivity contribution is 5.60. The summed E-state index contributed by atoms with van der Waals surface area (Å²) in [4.78, 5) is 3.80. The summed E-state index contributed by atoms with van der Waals surface area (Å²) in [5.74, 6) is 0. The Morgan fingerprint density at radius 1 is 1.24 bits per heavy atom. The van der Waals surface area contributed by atoms with Crippen LogP contribution in [0, 0.1) is 22.7 Å². The van der Waals surface area contributed by atoms with Gasteiger partial charge in [0.25, 0.3) is 0 Å². The van der Waals surface area contributed by atoms with E-state index in [1.54, 1.807) is 30.6 Å². The molecule has 80 valence electrons. The molecule has 0 spiro atoms. The van der Waals surface area contributed by atoms with Crippen molar-refractivity contribution in [3.63, 3.8) is 0 Å². The smallest absolute Gasteiger partial charge is 0.118 e. The fourth-order valence-electron chi connectivity index (χ4n) is 1.24. The van der Waals surface area contributed by atoms with Crippen molar-refractivity contribution in [3.8, 4) is 12.1 Å². The third-order valence-electron chi connectivity index (χ3n) is 2.02. The van der Waals surface area contributed by atoms with Gasteiger partial charge < -0.3 is 0 Å². The van der Waals surface area contributed by atoms with Crippen LogP contribution in [-0.4, -0.2) is 9.66 Å². The third kappa shape index (κ3) is 2.16. The largest absolute Gasteiger partial charge is 0.243 e. The van der Waals surface area contributed by atoms with Crippen molar-refractivity contribution in [1.82, 2.24) is 9.66 Å². The molecule has 1 heterocycles. The number of hydrogen-bond donors (Lipinski definition) is 0. The molecule has 6 heteroatoms. The zero-order chi connectivity index (χ0) is 12.1. The van der Waals surface area contributed by atoms with Crippen molar-refractivity contribution in [2.45, 2.75) is 0 Å². The van der Waals surface area contributed by atoms with Gasteiger partial charge in [0.15, 0.2) is 0 Å². The molecule has 0 bridgehead atoms. The number of nitriles is 2. The van der Waals surface area contributed by atoms with Crippen molar-refractivity contribution in [2.75, 3.05) is 0 Å². The summed E-state index contributed by atoms with van der Waals surface area (Å²) in [7, 11) is 0. The molecule has 0 saturated heterocycles. The van der Waals surface area contributed by atoms with Crippen molar-refractivity contribution in [3.05, 3.63) is 48.0 Å². The average Bonchev–Trinajstić information content (AvgIpc) is 2.88. The van der Waals surface area contributed by atoms with E-state index in [-0.39, 0.29) is 11.1 Å². The summed E-state index contributed by atoms with van der Waals surface area (Å²) < 4.78 is 1.40. The Bertz CT molecular complexity index is 627. The molecular formula is C11H6N6. The molecule has 2 rings (SSSR count). The minimum atomic E-state index is 0.221. The summed E-state index contributed by atoms with van der Waals surface area (Å²) >= 11 is 0. The molecule has 0 saturated carbocycles. The van der Waals surface area contributed by atoms with Crippen LogP contribution in [0.25, 0.3) is 0 Å². The molecule has 0 atom stereocenters. The first-order chi connectivity index (χ1) is 8.35. The van der Waals surface area contributed by atoms with Gasteiger partial charge in [-0.05, 0) is 12.1 Å². The molecule has 0 amide bonds. The first-order valence-corrected chi connectivity index (χ1v) is 4.68. The quantitative estimate of drug-likeness (QED) is 0.729. The number of imidazole rings is 1. The Morgan fingerprint density at radius 3 is 2.76 bits per heavy atom. The highest BCUT2D eigenvalue weighted by Gasteiger charge is 2.06. The molecular weight excluding hydrogens is 216 g/mol. The van der Waals surface area contributed by atoms with E-state index >= 15 is 0 Å². The normalized spacial score (nSPS) is 10.0. The third-order valence-corrected chi connectivity index (χ3v) is 2.02. The molecule has 0 unspecified atom stereocenters. The molecule has 0 radical (unpaired) electrons. The van der Waals surface area contributed by atoms with Crippen molar-refractivity contribution >= 4 is 5.69 Å². The maximum Gasteiger partial charge on any atom is 0.118 e. The second kappa shape index (κ2) is 4.69. The predicted octanol–water partition coefficient (Wildman–Crippen LogP) is 2.17. The van der Waals surface area contributed by atoms with Gasteiger partial charge in [0.1, 0.15) is 24.2 Å². The summed E-state index contributed by atoms with van der Waals surface area (Å²) in [5.41, 5.74) is 0.869. The lowest BCUT2D eigenvalue weighted by atomic mass is 10.1. The number of hydrogen-bond acceptors (Lipinski definition) is 5. The molecule has 1 aromatic heterocycles. The van der Waals surface area contributed by atoms with Crippen LogP contribution >= 0.6 is 0 Å². The molecule has 0 fully saturated rings. The second-order valence-electron chi connectivity index (χ2n) is 3.06. The lowest BCUT2D eigenvalue weighted by Gasteiger charge is -1.97. The minimum Gasteiger partial charge on any atom is -0.243 e. The number of nitrogens with zero attached hydrogens (tertiary/aromatic N) is 6. The maximum atomic E-state index is 8.97. The van der Waals surface area contributed by atoms with Crippen LogP contribution in [0.15, 0.2) is 47.3 Å². The van der Waals surface area contributed by atoms with E-state index in [9.17, 15) is 0 Å². The Hall–Kier alpha value is -2.99. The van der Waals surface area contributed by atoms with Crippen LogP contribution in [0.1, 0.15) is 11.1 Å². The monoisotopic (exact) mass is 222 g/mol. The predicted molar refractivity (Wildman–Crippen MR) is 58.0 cm³/mol. The van der Waals surface area contributed by atoms with Gasteiger partial charge >= 0.3 is 0 Å². The molecule has 17 heavy (non-hydrogen) atoms. The lowest BCUT2D eigenvalue weighted by molar-refractivity contribution is 0.801. The van der Waals surface area contributed by atoms with Crippen molar-refractivity contribution in [2.24, 2.45) is 10.3 Å². The van der Waals surface area contributed by atoms with Gasteiger partial charge in [-0.15, -0.1) is 5.11 Å². The molecule has 6 nitrogen and oxygen atoms in total. The van der Waals surface area contributed by atoms with Gasteiger partial charge in [0.05, 0.1) is 17.3 Å². The molecule has 0 aliphatic heterocycles. The van der Waals surface area contributed by atoms with Gasteiger partial charge in [-0.2, -0.15) is 10.5 Å². The number of benzene rings is 1. The fraction of sp³-hybridized carbons (Fsp3) is 0. The van der Waals surface area contributed by atoms with Gasteiger partial charge in [0, 0.05) is 6.20 Å². The van der Waals surface area contributed by atoms with Crippen LogP contribution in [0.4, 0.5) is 5.69 Å². The fourth-order valence-corrected chi connectivity index (χ4v) is 1.24. The van der Waals surface area contributed by atoms with E-state index in [1.807, 2.05) is 12.1 Å². The Balaban J connectivity index is 2.41. The summed E-state index contributed by atoms with van der Waals surface area (Å²) in [5, 5.41) is 25.5. The first kappa shape index (κ1) is 10.5. The zero-order valence-electron chi connectivity index (χ0n) is 8.65. The van der Waals surface area contributed by atoms with E-state index in [0.29, 0.717) is 5.69 Å². The highest BCUT2D eigenvalue weighted by atomic mass is 15.5. The Labute approximate surface area is 97.1 Å². The van der Waals surface area contributed by atoms with Crippen LogP contribution in [0.5, 0.6) is 0 Å². The minimum absolute atomic E-state index is 0.221. The Kier molecular flexibility index (Phi) is 2.90. The van der Waals surface area contributed by atoms with E-state index in [2.05, 4.69) is 15.3 Å². The zero-order valence-corrected chi connectivity index (χ0v) is 8.65. The maximum absolute atomic E-state index is 8.97. The molecule has 0 aliphatic carbocycles. The standard InChI is InChI=1S/C11H6N6/c12-6-9-2-1-3-11(10(9)7-13)15-16-17-5-4-14-8-17/h1-5,8H/b16-15+. The van der Waals surface area contributed by atoms with E-state index in [4.69, 9.17) is 10.5 Å². The van der Waals surface area contributed by atoms with Gasteiger partial charge in [-0.3, -0.25) is 0 Å². The topological polar surface area (TPSA) is 90.1 Å². The number of rotatable bonds is 2. The van der Waals surface area contributed by atoms with Crippen LogP contribution in [0.3, 0.4) is 0 Å².